The Morgan fingerprint density at radius 3 is 2.11 bits per heavy atom. The molecule has 1 nitrogen and oxygen atoms in total. The van der Waals surface area contributed by atoms with E-state index in [1.54, 1.807) is 0 Å². The van der Waals surface area contributed by atoms with Gasteiger partial charge < -0.3 is 0 Å². The van der Waals surface area contributed by atoms with Crippen LogP contribution in [0.5, 0.6) is 0 Å². The predicted octanol–water partition coefficient (Wildman–Crippen LogP) is 5.99. The number of nitrogens with zero attached hydrogens (tertiary/aromatic N) is 1. The second-order valence-electron chi connectivity index (χ2n) is 7.19. The molecule has 134 valence electrons. The average molecular weight is 398 g/mol. The minimum atomic E-state index is -0.231. The number of thiophene rings is 1. The fourth-order valence-electron chi connectivity index (χ4n) is 4.38. The van der Waals surface area contributed by atoms with Gasteiger partial charge in [0.15, 0.2) is 0 Å². The first-order valence-electron chi connectivity index (χ1n) is 9.44. The lowest BCUT2D eigenvalue weighted by Crippen LogP contribution is -2.29. The van der Waals surface area contributed by atoms with E-state index in [1.807, 2.05) is 11.3 Å². The van der Waals surface area contributed by atoms with Gasteiger partial charge in [0.1, 0.15) is 5.50 Å². The molecule has 0 bridgehead atoms. The van der Waals surface area contributed by atoms with Gasteiger partial charge in [0, 0.05) is 21.9 Å². The molecular weight excluding hydrogens is 382 g/mol. The van der Waals surface area contributed by atoms with Crippen LogP contribution in [0.4, 0.5) is 0 Å². The zero-order valence-electron chi connectivity index (χ0n) is 15.0. The molecule has 1 atom stereocenters. The monoisotopic (exact) mass is 397 g/mol. The standard InChI is InChI=1S/C25H16ClNS/c26-21-14-20(15-8-2-1-3-9-15)25-23(27-21)22-18-12-6-4-10-16(18)17-11-5-7-13-19(17)24(22)28-25/h1-13,21H,14H2. The summed E-state index contributed by atoms with van der Waals surface area (Å²) in [5, 5.41) is 7.44. The molecule has 0 aliphatic carbocycles. The molecule has 0 radical (unpaired) electrons. The predicted molar refractivity (Wildman–Crippen MR) is 121 cm³/mol. The molecule has 1 aromatic heterocycles. The minimum absolute atomic E-state index is 0.231. The molecule has 0 spiro atoms. The summed E-state index contributed by atoms with van der Waals surface area (Å²) < 4.78 is 2.57. The summed E-state index contributed by atoms with van der Waals surface area (Å²) in [5.41, 5.74) is 2.31. The topological polar surface area (TPSA) is 12.4 Å². The van der Waals surface area contributed by atoms with Gasteiger partial charge >= 0.3 is 0 Å². The van der Waals surface area contributed by atoms with Crippen molar-refractivity contribution in [1.82, 2.24) is 0 Å². The number of hydrogen-bond acceptors (Lipinski definition) is 2. The first kappa shape index (κ1) is 16.3. The third kappa shape index (κ3) is 2.28. The molecule has 3 heteroatoms. The summed E-state index contributed by atoms with van der Waals surface area (Å²) in [6.45, 7) is 0. The van der Waals surface area contributed by atoms with Crippen LogP contribution in [0, 0.1) is 0 Å². The smallest absolute Gasteiger partial charge is 0.128 e. The lowest BCUT2D eigenvalue weighted by molar-refractivity contribution is 0.879. The summed E-state index contributed by atoms with van der Waals surface area (Å²) in [6, 6.07) is 27.9. The van der Waals surface area contributed by atoms with Crippen molar-refractivity contribution in [2.75, 3.05) is 0 Å². The van der Waals surface area contributed by atoms with Crippen LogP contribution in [-0.4, -0.2) is 5.50 Å². The van der Waals surface area contributed by atoms with Crippen LogP contribution in [0.1, 0.15) is 12.0 Å². The average Bonchev–Trinajstić information content (AvgIpc) is 3.14. The van der Waals surface area contributed by atoms with E-state index in [-0.39, 0.29) is 5.50 Å². The van der Waals surface area contributed by atoms with Crippen molar-refractivity contribution in [3.63, 3.8) is 0 Å². The lowest BCUT2D eigenvalue weighted by Gasteiger charge is -2.13. The van der Waals surface area contributed by atoms with E-state index in [0.717, 1.165) is 11.8 Å². The van der Waals surface area contributed by atoms with Crippen molar-refractivity contribution >= 4 is 60.1 Å². The van der Waals surface area contributed by atoms with Crippen LogP contribution in [-0.2, 0) is 0 Å². The molecule has 1 unspecified atom stereocenters. The quantitative estimate of drug-likeness (QED) is 0.187. The number of alkyl halides is 1. The highest BCUT2D eigenvalue weighted by Gasteiger charge is 2.20. The third-order valence-corrected chi connectivity index (χ3v) is 7.10. The molecule has 0 fully saturated rings. The van der Waals surface area contributed by atoms with Gasteiger partial charge in [-0.15, -0.1) is 11.3 Å². The molecular formula is C25H16ClNS. The van der Waals surface area contributed by atoms with Gasteiger partial charge in [-0.3, -0.25) is 4.99 Å². The Morgan fingerprint density at radius 2 is 1.36 bits per heavy atom. The number of hydrogen-bond donors (Lipinski definition) is 0. The van der Waals surface area contributed by atoms with Gasteiger partial charge in [-0.2, -0.15) is 0 Å². The van der Waals surface area contributed by atoms with Gasteiger partial charge in [0.2, 0.25) is 0 Å². The lowest BCUT2D eigenvalue weighted by atomic mass is 9.97. The molecule has 1 aliphatic rings. The van der Waals surface area contributed by atoms with Crippen molar-refractivity contribution in [3.05, 3.63) is 94.3 Å². The van der Waals surface area contributed by atoms with E-state index in [2.05, 4.69) is 78.9 Å². The highest BCUT2D eigenvalue weighted by molar-refractivity contribution is 7.18. The fraction of sp³-hybridized carbons (Fsp3) is 0.0800. The van der Waals surface area contributed by atoms with Crippen molar-refractivity contribution in [2.24, 2.45) is 4.99 Å². The Labute approximate surface area is 171 Å². The van der Waals surface area contributed by atoms with Crippen LogP contribution < -0.4 is 9.89 Å². The number of rotatable bonds is 1. The first-order valence-corrected chi connectivity index (χ1v) is 10.7. The Balaban J connectivity index is 1.92. The molecule has 0 saturated carbocycles. The first-order chi connectivity index (χ1) is 13.8. The summed E-state index contributed by atoms with van der Waals surface area (Å²) in [4.78, 5) is 4.92. The van der Waals surface area contributed by atoms with Crippen molar-refractivity contribution < 1.29 is 0 Å². The molecule has 5 aromatic rings. The SMILES string of the molecule is ClC1CC(c2ccccc2)=c2sc3c4ccccc4c4ccccc4c3c2=N1. The second kappa shape index (κ2) is 6.16. The maximum Gasteiger partial charge on any atom is 0.128 e. The summed E-state index contributed by atoms with van der Waals surface area (Å²) >= 11 is 8.49. The summed E-state index contributed by atoms with van der Waals surface area (Å²) in [5.74, 6) is 0. The molecule has 1 aliphatic heterocycles. The molecule has 0 saturated heterocycles. The number of halogens is 1. The highest BCUT2D eigenvalue weighted by Crippen LogP contribution is 2.36. The molecule has 2 heterocycles. The van der Waals surface area contributed by atoms with E-state index >= 15 is 0 Å². The minimum Gasteiger partial charge on any atom is -0.263 e. The van der Waals surface area contributed by atoms with Gasteiger partial charge in [0.05, 0.1) is 9.89 Å². The Bertz CT molecular complexity index is 1500. The summed E-state index contributed by atoms with van der Waals surface area (Å²) in [7, 11) is 0. The zero-order chi connectivity index (χ0) is 18.7. The van der Waals surface area contributed by atoms with Gasteiger partial charge in [-0.05, 0) is 27.3 Å². The Morgan fingerprint density at radius 1 is 0.750 bits per heavy atom. The van der Waals surface area contributed by atoms with Crippen molar-refractivity contribution in [1.29, 1.82) is 0 Å². The normalized spacial score (nSPS) is 16.5. The van der Waals surface area contributed by atoms with Crippen LogP contribution in [0.25, 0.3) is 37.2 Å². The maximum absolute atomic E-state index is 6.63. The third-order valence-electron chi connectivity index (χ3n) is 5.58. The fourth-order valence-corrected chi connectivity index (χ4v) is 6.01. The van der Waals surface area contributed by atoms with E-state index in [9.17, 15) is 0 Å². The summed E-state index contributed by atoms with van der Waals surface area (Å²) in [6.07, 6.45) is 0.765. The maximum atomic E-state index is 6.63. The van der Waals surface area contributed by atoms with E-state index in [0.29, 0.717) is 0 Å². The van der Waals surface area contributed by atoms with Crippen molar-refractivity contribution in [3.8, 4) is 0 Å². The molecule has 4 aromatic carbocycles. The Kier molecular flexibility index (Phi) is 3.59. The van der Waals surface area contributed by atoms with Crippen molar-refractivity contribution in [2.45, 2.75) is 11.9 Å². The van der Waals surface area contributed by atoms with Gasteiger partial charge in [-0.25, -0.2) is 0 Å². The van der Waals surface area contributed by atoms with E-state index < -0.39 is 0 Å². The van der Waals surface area contributed by atoms with Gasteiger partial charge in [-0.1, -0.05) is 90.5 Å². The van der Waals surface area contributed by atoms with Crippen LogP contribution >= 0.6 is 22.9 Å². The van der Waals surface area contributed by atoms with Crippen LogP contribution in [0.2, 0.25) is 0 Å². The largest absolute Gasteiger partial charge is 0.263 e. The van der Waals surface area contributed by atoms with E-state index in [1.165, 1.54) is 47.3 Å². The zero-order valence-corrected chi connectivity index (χ0v) is 16.6. The molecule has 6 rings (SSSR count). The highest BCUT2D eigenvalue weighted by atomic mass is 35.5. The van der Waals surface area contributed by atoms with Gasteiger partial charge in [0.25, 0.3) is 0 Å². The van der Waals surface area contributed by atoms with E-state index in [4.69, 9.17) is 16.6 Å². The molecule has 0 amide bonds. The second-order valence-corrected chi connectivity index (χ2v) is 8.71. The number of benzene rings is 4. The number of fused-ring (bicyclic) bond motifs is 8. The van der Waals surface area contributed by atoms with Crippen LogP contribution in [0.15, 0.2) is 83.9 Å². The molecule has 28 heavy (non-hydrogen) atoms. The molecule has 0 N–H and O–H groups in total. The Hall–Kier alpha value is -2.68. The van der Waals surface area contributed by atoms with Crippen LogP contribution in [0.3, 0.4) is 0 Å².